The van der Waals surface area contributed by atoms with E-state index in [1.807, 2.05) is 30.3 Å². The first-order valence-corrected chi connectivity index (χ1v) is 7.22. The molecule has 0 fully saturated rings. The maximum atomic E-state index is 13.5. The second-order valence-corrected chi connectivity index (χ2v) is 5.49. The van der Waals surface area contributed by atoms with Gasteiger partial charge in [-0.15, -0.1) is 0 Å². The van der Waals surface area contributed by atoms with Gasteiger partial charge in [0.05, 0.1) is 0 Å². The number of halogens is 1. The molecule has 2 aromatic rings. The molecule has 0 bridgehead atoms. The number of nitrogens with one attached hydrogen (secondary N) is 1. The molecule has 0 spiro atoms. The van der Waals surface area contributed by atoms with Gasteiger partial charge in [-0.2, -0.15) is 0 Å². The van der Waals surface area contributed by atoms with Gasteiger partial charge in [-0.1, -0.05) is 29.8 Å². The molecule has 0 radical (unpaired) electrons. The molecule has 0 aliphatic rings. The molecule has 2 aromatic carbocycles. The second-order valence-electron chi connectivity index (χ2n) is 5.49. The van der Waals surface area contributed by atoms with E-state index in [1.165, 1.54) is 5.56 Å². The van der Waals surface area contributed by atoms with Gasteiger partial charge in [0.2, 0.25) is 0 Å². The second kappa shape index (κ2) is 7.23. The van der Waals surface area contributed by atoms with Crippen molar-refractivity contribution in [3.05, 3.63) is 65.0 Å². The highest BCUT2D eigenvalue weighted by atomic mass is 19.1. The van der Waals surface area contributed by atoms with E-state index >= 15 is 0 Å². The van der Waals surface area contributed by atoms with E-state index in [4.69, 9.17) is 4.74 Å². The van der Waals surface area contributed by atoms with Crippen LogP contribution in [0.1, 0.15) is 23.6 Å². The summed E-state index contributed by atoms with van der Waals surface area (Å²) in [6.45, 7) is 7.09. The van der Waals surface area contributed by atoms with E-state index in [1.54, 1.807) is 19.1 Å². The Hall–Kier alpha value is -1.87. The molecule has 0 aliphatic carbocycles. The van der Waals surface area contributed by atoms with Gasteiger partial charge in [0.1, 0.15) is 18.2 Å². The molecular formula is C18H22FNO. The van der Waals surface area contributed by atoms with Crippen molar-refractivity contribution in [3.8, 4) is 5.75 Å². The zero-order valence-corrected chi connectivity index (χ0v) is 12.8. The first-order valence-electron chi connectivity index (χ1n) is 7.22. The fourth-order valence-electron chi connectivity index (χ4n) is 1.95. The number of hydrogen-bond acceptors (Lipinski definition) is 2. The molecule has 2 nitrogen and oxygen atoms in total. The van der Waals surface area contributed by atoms with Gasteiger partial charge in [-0.25, -0.2) is 4.39 Å². The molecule has 0 saturated carbocycles. The topological polar surface area (TPSA) is 21.3 Å². The van der Waals surface area contributed by atoms with E-state index in [-0.39, 0.29) is 11.9 Å². The quantitative estimate of drug-likeness (QED) is 0.867. The summed E-state index contributed by atoms with van der Waals surface area (Å²) in [4.78, 5) is 0. The van der Waals surface area contributed by atoms with Crippen LogP contribution in [0.3, 0.4) is 0 Å². The van der Waals surface area contributed by atoms with Gasteiger partial charge in [0, 0.05) is 12.6 Å². The van der Waals surface area contributed by atoms with Gasteiger partial charge in [-0.3, -0.25) is 0 Å². The average molecular weight is 287 g/mol. The van der Waals surface area contributed by atoms with Crippen molar-refractivity contribution >= 4 is 0 Å². The summed E-state index contributed by atoms with van der Waals surface area (Å²) in [5.74, 6) is 0.716. The third-order valence-corrected chi connectivity index (χ3v) is 3.41. The van der Waals surface area contributed by atoms with Gasteiger partial charge in [-0.05, 0) is 50.1 Å². The lowest BCUT2D eigenvalue weighted by Crippen LogP contribution is -2.31. The summed E-state index contributed by atoms with van der Waals surface area (Å²) in [6, 6.07) is 13.5. The van der Waals surface area contributed by atoms with Crippen molar-refractivity contribution in [1.82, 2.24) is 5.32 Å². The summed E-state index contributed by atoms with van der Waals surface area (Å²) in [5, 5.41) is 3.34. The van der Waals surface area contributed by atoms with Crippen LogP contribution in [0.15, 0.2) is 42.5 Å². The maximum Gasteiger partial charge on any atom is 0.126 e. The molecule has 1 atom stereocenters. The van der Waals surface area contributed by atoms with Crippen molar-refractivity contribution in [2.75, 3.05) is 6.61 Å². The van der Waals surface area contributed by atoms with Crippen LogP contribution in [0, 0.1) is 19.7 Å². The lowest BCUT2D eigenvalue weighted by Gasteiger charge is -2.15. The van der Waals surface area contributed by atoms with Crippen molar-refractivity contribution in [3.63, 3.8) is 0 Å². The Morgan fingerprint density at radius 1 is 1.10 bits per heavy atom. The summed E-state index contributed by atoms with van der Waals surface area (Å²) in [5.41, 5.74) is 2.84. The summed E-state index contributed by atoms with van der Waals surface area (Å²) < 4.78 is 19.2. The van der Waals surface area contributed by atoms with Crippen molar-refractivity contribution in [2.24, 2.45) is 0 Å². The van der Waals surface area contributed by atoms with Gasteiger partial charge < -0.3 is 10.1 Å². The molecule has 0 amide bonds. The van der Waals surface area contributed by atoms with Crippen LogP contribution in [0.5, 0.6) is 5.75 Å². The third-order valence-electron chi connectivity index (χ3n) is 3.41. The average Bonchev–Trinajstić information content (AvgIpc) is 2.48. The maximum absolute atomic E-state index is 13.5. The monoisotopic (exact) mass is 287 g/mol. The molecule has 1 N–H and O–H groups in total. The first-order chi connectivity index (χ1) is 10.0. The molecule has 2 rings (SSSR count). The van der Waals surface area contributed by atoms with E-state index in [9.17, 15) is 4.39 Å². The van der Waals surface area contributed by atoms with E-state index in [0.29, 0.717) is 18.7 Å². The van der Waals surface area contributed by atoms with E-state index in [2.05, 4.69) is 19.2 Å². The lowest BCUT2D eigenvalue weighted by molar-refractivity contribution is 0.272. The minimum Gasteiger partial charge on any atom is -0.492 e. The SMILES string of the molecule is Cc1ccc(OCC(C)NCc2ccc(C)c(F)c2)cc1. The van der Waals surface area contributed by atoms with Gasteiger partial charge in [0.15, 0.2) is 0 Å². The number of ether oxygens (including phenoxy) is 1. The molecule has 21 heavy (non-hydrogen) atoms. The molecule has 0 aliphatic heterocycles. The molecule has 0 aromatic heterocycles. The Balaban J connectivity index is 1.77. The van der Waals surface area contributed by atoms with Crippen LogP contribution in [0.25, 0.3) is 0 Å². The number of aryl methyl sites for hydroxylation is 2. The van der Waals surface area contributed by atoms with Crippen molar-refractivity contribution in [2.45, 2.75) is 33.4 Å². The zero-order chi connectivity index (χ0) is 15.2. The number of rotatable bonds is 6. The molecule has 0 heterocycles. The first kappa shape index (κ1) is 15.5. The van der Waals surface area contributed by atoms with E-state index in [0.717, 1.165) is 11.3 Å². The van der Waals surface area contributed by atoms with Crippen LogP contribution in [0.2, 0.25) is 0 Å². The van der Waals surface area contributed by atoms with Crippen LogP contribution in [0.4, 0.5) is 4.39 Å². The highest BCUT2D eigenvalue weighted by molar-refractivity contribution is 5.26. The number of hydrogen-bond donors (Lipinski definition) is 1. The predicted molar refractivity (Wildman–Crippen MR) is 84.1 cm³/mol. The highest BCUT2D eigenvalue weighted by Gasteiger charge is 2.04. The molecular weight excluding hydrogens is 265 g/mol. The number of benzene rings is 2. The third kappa shape index (κ3) is 4.87. The van der Waals surface area contributed by atoms with Crippen LogP contribution < -0.4 is 10.1 Å². The molecule has 112 valence electrons. The van der Waals surface area contributed by atoms with Crippen LogP contribution >= 0.6 is 0 Å². The highest BCUT2D eigenvalue weighted by Crippen LogP contribution is 2.12. The molecule has 0 saturated heterocycles. The summed E-state index contributed by atoms with van der Waals surface area (Å²) in [6.07, 6.45) is 0. The summed E-state index contributed by atoms with van der Waals surface area (Å²) in [7, 11) is 0. The largest absolute Gasteiger partial charge is 0.492 e. The smallest absolute Gasteiger partial charge is 0.126 e. The fourth-order valence-corrected chi connectivity index (χ4v) is 1.95. The fraction of sp³-hybridized carbons (Fsp3) is 0.333. The van der Waals surface area contributed by atoms with Crippen molar-refractivity contribution < 1.29 is 9.13 Å². The van der Waals surface area contributed by atoms with Crippen molar-refractivity contribution in [1.29, 1.82) is 0 Å². The Kier molecular flexibility index (Phi) is 5.34. The standard InChI is InChI=1S/C18H22FNO/c1-13-4-8-17(9-5-13)21-12-15(3)20-11-16-7-6-14(2)18(19)10-16/h4-10,15,20H,11-12H2,1-3H3. The Morgan fingerprint density at radius 3 is 2.48 bits per heavy atom. The summed E-state index contributed by atoms with van der Waals surface area (Å²) >= 11 is 0. The van der Waals surface area contributed by atoms with Crippen LogP contribution in [-0.2, 0) is 6.54 Å². The minimum atomic E-state index is -0.155. The van der Waals surface area contributed by atoms with Gasteiger partial charge in [0.25, 0.3) is 0 Å². The molecule has 1 unspecified atom stereocenters. The Labute approximate surface area is 126 Å². The van der Waals surface area contributed by atoms with Gasteiger partial charge >= 0.3 is 0 Å². The van der Waals surface area contributed by atoms with E-state index < -0.39 is 0 Å². The Morgan fingerprint density at radius 2 is 1.81 bits per heavy atom. The van der Waals surface area contributed by atoms with Crippen LogP contribution in [-0.4, -0.2) is 12.6 Å². The predicted octanol–water partition coefficient (Wildman–Crippen LogP) is 4.00. The normalized spacial score (nSPS) is 12.2. The zero-order valence-electron chi connectivity index (χ0n) is 12.8. The Bertz CT molecular complexity index is 580. The minimum absolute atomic E-state index is 0.155. The lowest BCUT2D eigenvalue weighted by atomic mass is 10.1. The molecule has 3 heteroatoms.